The first-order chi connectivity index (χ1) is 9.63. The summed E-state index contributed by atoms with van der Waals surface area (Å²) in [6.07, 6.45) is 1.51. The Kier molecular flexibility index (Phi) is 2.90. The van der Waals surface area contributed by atoms with Crippen LogP contribution in [0.1, 0.15) is 0 Å². The van der Waals surface area contributed by atoms with Crippen molar-refractivity contribution in [1.29, 1.82) is 0 Å². The lowest BCUT2D eigenvalue weighted by Gasteiger charge is -2.00. The molecule has 1 N–H and O–H groups in total. The third kappa shape index (κ3) is 2.23. The Morgan fingerprint density at radius 2 is 1.90 bits per heavy atom. The van der Waals surface area contributed by atoms with Crippen LogP contribution in [0.5, 0.6) is 5.75 Å². The molecule has 0 aliphatic carbocycles. The van der Waals surface area contributed by atoms with E-state index in [0.29, 0.717) is 5.69 Å². The smallest absolute Gasteiger partial charge is 0.135 e. The Balaban J connectivity index is 2.02. The first kappa shape index (κ1) is 12.3. The molecule has 0 spiro atoms. The maximum absolute atomic E-state index is 13.7. The predicted molar refractivity (Wildman–Crippen MR) is 68.4 cm³/mol. The first-order valence-corrected chi connectivity index (χ1v) is 5.81. The number of rotatable bonds is 2. The van der Waals surface area contributed by atoms with Crippen LogP contribution in [0.15, 0.2) is 48.7 Å². The van der Waals surface area contributed by atoms with E-state index >= 15 is 0 Å². The molecule has 3 aromatic rings. The molecule has 3 rings (SSSR count). The van der Waals surface area contributed by atoms with E-state index in [9.17, 15) is 13.9 Å². The van der Waals surface area contributed by atoms with Gasteiger partial charge >= 0.3 is 0 Å². The van der Waals surface area contributed by atoms with E-state index in [2.05, 4.69) is 10.3 Å². The molecule has 0 radical (unpaired) electrons. The van der Waals surface area contributed by atoms with Crippen LogP contribution in [0.3, 0.4) is 0 Å². The second kappa shape index (κ2) is 4.73. The largest absolute Gasteiger partial charge is 0.508 e. The summed E-state index contributed by atoms with van der Waals surface area (Å²) in [5, 5.41) is 17.1. The minimum Gasteiger partial charge on any atom is -0.508 e. The van der Waals surface area contributed by atoms with E-state index in [1.54, 1.807) is 12.1 Å². The molecule has 0 saturated heterocycles. The molecule has 1 heterocycles. The van der Waals surface area contributed by atoms with Crippen molar-refractivity contribution in [2.75, 3.05) is 0 Å². The Morgan fingerprint density at radius 1 is 1.05 bits per heavy atom. The molecule has 6 heteroatoms. The lowest BCUT2D eigenvalue weighted by Crippen LogP contribution is -1.93. The first-order valence-electron chi connectivity index (χ1n) is 5.81. The topological polar surface area (TPSA) is 50.9 Å². The summed E-state index contributed by atoms with van der Waals surface area (Å²) in [6.45, 7) is 0. The number of halogens is 2. The highest BCUT2D eigenvalue weighted by Crippen LogP contribution is 2.22. The SMILES string of the molecule is Oc1cccc(-n2cc(-c3ccc(F)cc3F)nn2)c1. The number of nitrogens with zero attached hydrogens (tertiary/aromatic N) is 3. The fourth-order valence-corrected chi connectivity index (χ4v) is 1.85. The van der Waals surface area contributed by atoms with Crippen LogP contribution in [0.2, 0.25) is 0 Å². The Morgan fingerprint density at radius 3 is 2.65 bits per heavy atom. The fraction of sp³-hybridized carbons (Fsp3) is 0. The van der Waals surface area contributed by atoms with Gasteiger partial charge in [0.1, 0.15) is 23.1 Å². The number of aromatic nitrogens is 3. The Hall–Kier alpha value is -2.76. The molecule has 0 aliphatic heterocycles. The third-order valence-corrected chi connectivity index (χ3v) is 2.79. The van der Waals surface area contributed by atoms with E-state index in [1.165, 1.54) is 29.1 Å². The quantitative estimate of drug-likeness (QED) is 0.781. The molecular weight excluding hydrogens is 264 g/mol. The Bertz CT molecular complexity index is 771. The zero-order valence-corrected chi connectivity index (χ0v) is 10.2. The molecule has 0 bridgehead atoms. The maximum atomic E-state index is 13.7. The fourth-order valence-electron chi connectivity index (χ4n) is 1.85. The predicted octanol–water partition coefficient (Wildman–Crippen LogP) is 2.92. The van der Waals surface area contributed by atoms with E-state index < -0.39 is 11.6 Å². The molecule has 4 nitrogen and oxygen atoms in total. The van der Waals surface area contributed by atoms with Crippen molar-refractivity contribution < 1.29 is 13.9 Å². The molecule has 20 heavy (non-hydrogen) atoms. The van der Waals surface area contributed by atoms with E-state index in [0.717, 1.165) is 12.1 Å². The van der Waals surface area contributed by atoms with Gasteiger partial charge in [-0.1, -0.05) is 11.3 Å². The van der Waals surface area contributed by atoms with Crippen LogP contribution in [-0.2, 0) is 0 Å². The summed E-state index contributed by atoms with van der Waals surface area (Å²) in [4.78, 5) is 0. The minimum absolute atomic E-state index is 0.0903. The van der Waals surface area contributed by atoms with Gasteiger partial charge in [-0.3, -0.25) is 0 Å². The van der Waals surface area contributed by atoms with Gasteiger partial charge in [-0.2, -0.15) is 0 Å². The number of hydrogen-bond donors (Lipinski definition) is 1. The van der Waals surface area contributed by atoms with Crippen molar-refractivity contribution in [3.05, 3.63) is 60.3 Å². The molecule has 0 aliphatic rings. The molecular formula is C14H9F2N3O. The van der Waals surface area contributed by atoms with Gasteiger partial charge < -0.3 is 5.11 Å². The molecule has 2 aromatic carbocycles. The van der Waals surface area contributed by atoms with Crippen LogP contribution in [0.25, 0.3) is 16.9 Å². The third-order valence-electron chi connectivity index (χ3n) is 2.79. The van der Waals surface area contributed by atoms with Crippen LogP contribution in [-0.4, -0.2) is 20.1 Å². The summed E-state index contributed by atoms with van der Waals surface area (Å²) in [5.74, 6) is -1.26. The van der Waals surface area contributed by atoms with Gasteiger partial charge in [0.2, 0.25) is 0 Å². The average Bonchev–Trinajstić information content (AvgIpc) is 2.88. The minimum atomic E-state index is -0.701. The monoisotopic (exact) mass is 273 g/mol. The van der Waals surface area contributed by atoms with Crippen molar-refractivity contribution in [2.24, 2.45) is 0 Å². The van der Waals surface area contributed by atoms with E-state index in [1.807, 2.05) is 0 Å². The number of phenolic OH excluding ortho intramolecular Hbond substituents is 1. The van der Waals surface area contributed by atoms with Crippen molar-refractivity contribution in [2.45, 2.75) is 0 Å². The van der Waals surface area contributed by atoms with Crippen LogP contribution in [0.4, 0.5) is 8.78 Å². The number of hydrogen-bond acceptors (Lipinski definition) is 3. The molecule has 0 amide bonds. The van der Waals surface area contributed by atoms with E-state index in [-0.39, 0.29) is 17.0 Å². The number of phenols is 1. The highest BCUT2D eigenvalue weighted by Gasteiger charge is 2.11. The highest BCUT2D eigenvalue weighted by molar-refractivity contribution is 5.59. The van der Waals surface area contributed by atoms with Crippen LogP contribution >= 0.6 is 0 Å². The lowest BCUT2D eigenvalue weighted by molar-refractivity contribution is 0.474. The van der Waals surface area contributed by atoms with Gasteiger partial charge in [-0.25, -0.2) is 13.5 Å². The zero-order valence-electron chi connectivity index (χ0n) is 10.2. The van der Waals surface area contributed by atoms with Gasteiger partial charge in [-0.15, -0.1) is 5.10 Å². The van der Waals surface area contributed by atoms with Crippen molar-refractivity contribution >= 4 is 0 Å². The molecule has 0 fully saturated rings. The molecule has 100 valence electrons. The Labute approximate surface area is 112 Å². The summed E-state index contributed by atoms with van der Waals surface area (Å²) in [7, 11) is 0. The lowest BCUT2D eigenvalue weighted by atomic mass is 10.1. The van der Waals surface area contributed by atoms with Gasteiger partial charge in [0, 0.05) is 17.7 Å². The van der Waals surface area contributed by atoms with Gasteiger partial charge in [0.25, 0.3) is 0 Å². The summed E-state index contributed by atoms with van der Waals surface area (Å²) in [5.41, 5.74) is 1.04. The summed E-state index contributed by atoms with van der Waals surface area (Å²) >= 11 is 0. The van der Waals surface area contributed by atoms with Crippen molar-refractivity contribution in [1.82, 2.24) is 15.0 Å². The molecule has 1 aromatic heterocycles. The van der Waals surface area contributed by atoms with Crippen LogP contribution < -0.4 is 0 Å². The normalized spacial score (nSPS) is 10.7. The highest BCUT2D eigenvalue weighted by atomic mass is 19.1. The second-order valence-electron chi connectivity index (χ2n) is 4.19. The van der Waals surface area contributed by atoms with Gasteiger partial charge in [0.05, 0.1) is 11.9 Å². The van der Waals surface area contributed by atoms with E-state index in [4.69, 9.17) is 0 Å². The summed E-state index contributed by atoms with van der Waals surface area (Å²) in [6, 6.07) is 9.67. The number of benzene rings is 2. The zero-order chi connectivity index (χ0) is 14.1. The van der Waals surface area contributed by atoms with Crippen molar-refractivity contribution in [3.63, 3.8) is 0 Å². The average molecular weight is 273 g/mol. The second-order valence-corrected chi connectivity index (χ2v) is 4.19. The summed E-state index contributed by atoms with van der Waals surface area (Å²) < 4.78 is 27.9. The van der Waals surface area contributed by atoms with Crippen LogP contribution in [0, 0.1) is 11.6 Å². The maximum Gasteiger partial charge on any atom is 0.135 e. The van der Waals surface area contributed by atoms with Crippen molar-refractivity contribution in [3.8, 4) is 22.7 Å². The molecule has 0 atom stereocenters. The molecule has 0 unspecified atom stereocenters. The number of aromatic hydroxyl groups is 1. The van der Waals surface area contributed by atoms with Gasteiger partial charge in [-0.05, 0) is 24.3 Å². The standard InChI is InChI=1S/C14H9F2N3O/c15-9-4-5-12(13(16)6-9)14-8-19(18-17-14)10-2-1-3-11(20)7-10/h1-8,20H. The molecule has 0 saturated carbocycles. The van der Waals surface area contributed by atoms with Gasteiger partial charge in [0.15, 0.2) is 0 Å².